The minimum Gasteiger partial charge on any atom is -0.465 e. The normalized spacial score (nSPS) is 21.9. The molecular weight excluding hydrogens is 348 g/mol. The lowest BCUT2D eigenvalue weighted by molar-refractivity contribution is 0.0602. The zero-order valence-electron chi connectivity index (χ0n) is 12.5. The molecule has 2 rings (SSSR count). The van der Waals surface area contributed by atoms with Crippen LogP contribution in [0.4, 0.5) is 0 Å². The van der Waals surface area contributed by atoms with Gasteiger partial charge in [0, 0.05) is 13.1 Å². The van der Waals surface area contributed by atoms with Crippen molar-refractivity contribution in [3.8, 4) is 0 Å². The molecule has 1 aliphatic rings. The molecule has 0 saturated carbocycles. The lowest BCUT2D eigenvalue weighted by Crippen LogP contribution is -2.45. The topological polar surface area (TPSA) is 84.5 Å². The van der Waals surface area contributed by atoms with E-state index in [0.717, 1.165) is 37.3 Å². The third-order valence-electron chi connectivity index (χ3n) is 3.66. The highest BCUT2D eigenvalue weighted by Gasteiger charge is 2.30. The van der Waals surface area contributed by atoms with Crippen molar-refractivity contribution in [3.63, 3.8) is 0 Å². The monoisotopic (exact) mass is 368 g/mol. The number of halogens is 1. The number of sulfonamides is 1. The second-order valence-electron chi connectivity index (χ2n) is 5.52. The van der Waals surface area contributed by atoms with Gasteiger partial charge in [0.2, 0.25) is 10.0 Å². The lowest BCUT2D eigenvalue weighted by Gasteiger charge is -2.34. The molecule has 0 aliphatic carbocycles. The fourth-order valence-electron chi connectivity index (χ4n) is 2.37. The van der Waals surface area contributed by atoms with Gasteiger partial charge < -0.3 is 10.1 Å². The number of hydrogen-bond acceptors (Lipinski definition) is 6. The summed E-state index contributed by atoms with van der Waals surface area (Å²) in [4.78, 5) is 11.7. The quantitative estimate of drug-likeness (QED) is 0.771. The molecule has 1 unspecified atom stereocenters. The van der Waals surface area contributed by atoms with Crippen molar-refractivity contribution in [2.75, 3.05) is 26.7 Å². The zero-order chi connectivity index (χ0) is 15.5. The number of methoxy groups -OCH3 is 1. The molecule has 0 radical (unpaired) electrons. The van der Waals surface area contributed by atoms with Crippen LogP contribution in [-0.2, 0) is 14.8 Å². The third-order valence-corrected chi connectivity index (χ3v) is 6.13. The van der Waals surface area contributed by atoms with Crippen LogP contribution >= 0.6 is 23.7 Å². The number of hydrogen-bond donors (Lipinski definition) is 2. The number of rotatable bonds is 5. The largest absolute Gasteiger partial charge is 0.465 e. The van der Waals surface area contributed by atoms with Crippen LogP contribution in [0.1, 0.15) is 29.4 Å². The minimum absolute atomic E-state index is 0. The molecule has 1 saturated heterocycles. The number of nitrogens with one attached hydrogen (secondary N) is 2. The first-order valence-electron chi connectivity index (χ1n) is 6.74. The predicted molar refractivity (Wildman–Crippen MR) is 88.3 cm³/mol. The summed E-state index contributed by atoms with van der Waals surface area (Å²) < 4.78 is 32.0. The van der Waals surface area contributed by atoms with E-state index in [9.17, 15) is 13.2 Å². The van der Waals surface area contributed by atoms with Gasteiger partial charge in [0.25, 0.3) is 0 Å². The van der Waals surface area contributed by atoms with Crippen molar-refractivity contribution in [2.45, 2.75) is 24.7 Å². The van der Waals surface area contributed by atoms with Gasteiger partial charge in [-0.25, -0.2) is 17.9 Å². The van der Waals surface area contributed by atoms with Crippen LogP contribution in [0, 0.1) is 5.41 Å². The van der Waals surface area contributed by atoms with Crippen LogP contribution in [0.25, 0.3) is 0 Å². The van der Waals surface area contributed by atoms with Gasteiger partial charge in [0.1, 0.15) is 9.77 Å². The zero-order valence-corrected chi connectivity index (χ0v) is 15.0. The summed E-state index contributed by atoms with van der Waals surface area (Å²) in [5, 5.41) is 4.85. The van der Waals surface area contributed by atoms with Crippen LogP contribution in [0.15, 0.2) is 16.3 Å². The van der Waals surface area contributed by atoms with E-state index in [4.69, 9.17) is 0 Å². The third kappa shape index (κ3) is 4.42. The number of thiophene rings is 1. The van der Waals surface area contributed by atoms with Crippen LogP contribution in [0.3, 0.4) is 0 Å². The summed E-state index contributed by atoms with van der Waals surface area (Å²) in [5.41, 5.74) is -0.104. The molecule has 9 heteroatoms. The van der Waals surface area contributed by atoms with E-state index in [1.165, 1.54) is 13.2 Å². The van der Waals surface area contributed by atoms with Crippen LogP contribution < -0.4 is 10.0 Å². The SMILES string of the molecule is COC(=O)c1sccc1S(=O)(=O)NCC1(C)CCCNC1.Cl. The van der Waals surface area contributed by atoms with Gasteiger partial charge in [-0.3, -0.25) is 0 Å². The van der Waals surface area contributed by atoms with Crippen LogP contribution in [0.2, 0.25) is 0 Å². The maximum Gasteiger partial charge on any atom is 0.349 e. The van der Waals surface area contributed by atoms with Gasteiger partial charge in [-0.2, -0.15) is 0 Å². The fourth-order valence-corrected chi connectivity index (χ4v) is 4.90. The molecule has 6 nitrogen and oxygen atoms in total. The Morgan fingerprint density at radius 1 is 1.55 bits per heavy atom. The Hall–Kier alpha value is -0.670. The van der Waals surface area contributed by atoms with Crippen molar-refractivity contribution in [2.24, 2.45) is 5.41 Å². The van der Waals surface area contributed by atoms with E-state index in [1.54, 1.807) is 5.38 Å². The molecule has 0 bridgehead atoms. The van der Waals surface area contributed by atoms with Gasteiger partial charge in [0.05, 0.1) is 7.11 Å². The molecule has 1 atom stereocenters. The molecule has 1 fully saturated rings. The van der Waals surface area contributed by atoms with E-state index in [1.807, 2.05) is 0 Å². The van der Waals surface area contributed by atoms with Crippen molar-refractivity contribution < 1.29 is 17.9 Å². The van der Waals surface area contributed by atoms with E-state index in [-0.39, 0.29) is 27.6 Å². The van der Waals surface area contributed by atoms with Crippen LogP contribution in [-0.4, -0.2) is 41.1 Å². The number of carbonyl (C=O) groups excluding carboxylic acids is 1. The van der Waals surface area contributed by atoms with Gasteiger partial charge in [0.15, 0.2) is 0 Å². The summed E-state index contributed by atoms with van der Waals surface area (Å²) in [5.74, 6) is -0.629. The average Bonchev–Trinajstić information content (AvgIpc) is 2.96. The second kappa shape index (κ2) is 7.74. The van der Waals surface area contributed by atoms with Gasteiger partial charge in [-0.1, -0.05) is 6.92 Å². The van der Waals surface area contributed by atoms with Crippen molar-refractivity contribution in [1.29, 1.82) is 0 Å². The second-order valence-corrected chi connectivity index (χ2v) is 8.17. The molecule has 0 spiro atoms. The Balaban J connectivity index is 0.00000242. The summed E-state index contributed by atoms with van der Waals surface area (Å²) in [6.07, 6.45) is 2.00. The average molecular weight is 369 g/mol. The van der Waals surface area contributed by atoms with Crippen molar-refractivity contribution in [1.82, 2.24) is 10.0 Å². The summed E-state index contributed by atoms with van der Waals surface area (Å²) in [6, 6.07) is 1.43. The highest BCUT2D eigenvalue weighted by atomic mass is 35.5. The smallest absolute Gasteiger partial charge is 0.349 e. The van der Waals surface area contributed by atoms with Crippen molar-refractivity contribution >= 4 is 39.7 Å². The first-order chi connectivity index (χ1) is 9.88. The van der Waals surface area contributed by atoms with Gasteiger partial charge in [-0.05, 0) is 36.2 Å². The molecule has 1 aromatic rings. The van der Waals surface area contributed by atoms with Gasteiger partial charge >= 0.3 is 5.97 Å². The first-order valence-corrected chi connectivity index (χ1v) is 9.10. The van der Waals surface area contributed by atoms with E-state index in [0.29, 0.717) is 6.54 Å². The molecule has 2 N–H and O–H groups in total. The van der Waals surface area contributed by atoms with Gasteiger partial charge in [-0.15, -0.1) is 23.7 Å². The lowest BCUT2D eigenvalue weighted by atomic mass is 9.83. The number of carbonyl (C=O) groups is 1. The number of piperidine rings is 1. The maximum absolute atomic E-state index is 12.4. The molecular formula is C13H21ClN2O4S2. The fraction of sp³-hybridized carbons (Fsp3) is 0.615. The summed E-state index contributed by atoms with van der Waals surface area (Å²) in [6.45, 7) is 4.15. The molecule has 0 amide bonds. The molecule has 1 aliphatic heterocycles. The summed E-state index contributed by atoms with van der Waals surface area (Å²) in [7, 11) is -2.47. The molecule has 22 heavy (non-hydrogen) atoms. The van der Waals surface area contributed by atoms with E-state index in [2.05, 4.69) is 21.7 Å². The number of esters is 1. The van der Waals surface area contributed by atoms with Crippen molar-refractivity contribution in [3.05, 3.63) is 16.3 Å². The highest BCUT2D eigenvalue weighted by molar-refractivity contribution is 7.89. The standard InChI is InChI=1S/C13H20N2O4S2.ClH/c1-13(5-3-6-14-8-13)9-15-21(17,18)10-4-7-20-11(10)12(16)19-2;/h4,7,14-15H,3,5-6,8-9H2,1-2H3;1H. The Kier molecular flexibility index (Phi) is 6.82. The summed E-state index contributed by atoms with van der Waals surface area (Å²) >= 11 is 1.06. The first kappa shape index (κ1) is 19.4. The molecule has 2 heterocycles. The van der Waals surface area contributed by atoms with Crippen LogP contribution in [0.5, 0.6) is 0 Å². The predicted octanol–water partition coefficient (Wildman–Crippen LogP) is 1.62. The molecule has 126 valence electrons. The number of ether oxygens (including phenoxy) is 1. The highest BCUT2D eigenvalue weighted by Crippen LogP contribution is 2.27. The van der Waals surface area contributed by atoms with E-state index >= 15 is 0 Å². The minimum atomic E-state index is -3.71. The van der Waals surface area contributed by atoms with E-state index < -0.39 is 16.0 Å². The molecule has 0 aromatic carbocycles. The molecule has 1 aromatic heterocycles. The Morgan fingerprint density at radius 2 is 2.27 bits per heavy atom. The Labute approximate surface area is 141 Å². The Bertz CT molecular complexity index is 609. The maximum atomic E-state index is 12.4. The Morgan fingerprint density at radius 3 is 2.86 bits per heavy atom.